The predicted molar refractivity (Wildman–Crippen MR) is 94.3 cm³/mol. The van der Waals surface area contributed by atoms with E-state index in [1.165, 1.54) is 0 Å². The number of rotatable bonds is 1. The zero-order valence-electron chi connectivity index (χ0n) is 12.4. The Morgan fingerprint density at radius 1 is 0.913 bits per heavy atom. The van der Waals surface area contributed by atoms with E-state index in [1.807, 2.05) is 36.4 Å². The molecule has 23 heavy (non-hydrogen) atoms. The summed E-state index contributed by atoms with van der Waals surface area (Å²) in [5.74, 6) is -0.185. The van der Waals surface area contributed by atoms with Gasteiger partial charge in [0.1, 0.15) is 16.5 Å². The summed E-state index contributed by atoms with van der Waals surface area (Å²) in [6, 6.07) is 16.1. The Morgan fingerprint density at radius 2 is 1.65 bits per heavy atom. The van der Waals surface area contributed by atoms with Gasteiger partial charge in [-0.05, 0) is 24.1 Å². The predicted octanol–water partition coefficient (Wildman–Crippen LogP) is 5.36. The van der Waals surface area contributed by atoms with Crippen molar-refractivity contribution in [2.75, 3.05) is 0 Å². The molecule has 0 aliphatic carbocycles. The van der Waals surface area contributed by atoms with Crippen LogP contribution in [-0.4, -0.2) is 15.2 Å². The highest BCUT2D eigenvalue weighted by Gasteiger charge is 2.19. The molecule has 0 amide bonds. The van der Waals surface area contributed by atoms with E-state index in [1.54, 1.807) is 6.92 Å². The number of aromatic nitrogens is 1. The van der Waals surface area contributed by atoms with Crippen LogP contribution in [0.15, 0.2) is 48.5 Å². The molecule has 4 rings (SSSR count). The molecule has 1 heterocycles. The van der Waals surface area contributed by atoms with Crippen molar-refractivity contribution in [3.63, 3.8) is 0 Å². The monoisotopic (exact) mass is 323 g/mol. The zero-order valence-corrected chi connectivity index (χ0v) is 13.1. The van der Waals surface area contributed by atoms with Gasteiger partial charge in [-0.2, -0.15) is 0 Å². The molecule has 0 radical (unpaired) electrons. The molecule has 0 spiro atoms. The summed E-state index contributed by atoms with van der Waals surface area (Å²) in [7, 11) is 0. The summed E-state index contributed by atoms with van der Waals surface area (Å²) in [5.41, 5.74) is 4.42. The quantitative estimate of drug-likeness (QED) is 0.441. The Morgan fingerprint density at radius 3 is 2.39 bits per heavy atom. The van der Waals surface area contributed by atoms with Crippen LogP contribution in [0.4, 0.5) is 0 Å². The number of hydrogen-bond donors (Lipinski definition) is 3. The largest absolute Gasteiger partial charge is 0.506 e. The number of H-pyrrole nitrogens is 1. The van der Waals surface area contributed by atoms with Crippen LogP contribution >= 0.6 is 11.6 Å². The number of benzene rings is 3. The van der Waals surface area contributed by atoms with Gasteiger partial charge >= 0.3 is 0 Å². The molecule has 3 nitrogen and oxygen atoms in total. The third-order valence-electron chi connectivity index (χ3n) is 4.29. The lowest BCUT2D eigenvalue weighted by molar-refractivity contribution is 0.453. The van der Waals surface area contributed by atoms with Crippen LogP contribution in [0.5, 0.6) is 11.5 Å². The number of phenolic OH excluding ortho intramolecular Hbond substituents is 2. The molecule has 0 fully saturated rings. The van der Waals surface area contributed by atoms with Crippen LogP contribution in [-0.2, 0) is 0 Å². The van der Waals surface area contributed by atoms with Gasteiger partial charge in [-0.25, -0.2) is 0 Å². The summed E-state index contributed by atoms with van der Waals surface area (Å²) in [4.78, 5) is 3.29. The van der Waals surface area contributed by atoms with Gasteiger partial charge in [0.25, 0.3) is 0 Å². The van der Waals surface area contributed by atoms with Crippen LogP contribution in [0.25, 0.3) is 32.9 Å². The Hall–Kier alpha value is -2.65. The van der Waals surface area contributed by atoms with Gasteiger partial charge in [0.15, 0.2) is 0 Å². The lowest BCUT2D eigenvalue weighted by Gasteiger charge is -2.06. The molecule has 1 aromatic heterocycles. The van der Waals surface area contributed by atoms with Crippen molar-refractivity contribution >= 4 is 33.4 Å². The second kappa shape index (κ2) is 4.93. The van der Waals surface area contributed by atoms with Crippen molar-refractivity contribution in [1.82, 2.24) is 4.98 Å². The molecule has 0 saturated heterocycles. The van der Waals surface area contributed by atoms with Gasteiger partial charge in [-0.3, -0.25) is 0 Å². The molecular weight excluding hydrogens is 310 g/mol. The van der Waals surface area contributed by atoms with Gasteiger partial charge in [0.2, 0.25) is 0 Å². The number of phenols is 2. The first-order valence-corrected chi connectivity index (χ1v) is 7.66. The fraction of sp³-hybridized carbons (Fsp3) is 0.0526. The first-order valence-electron chi connectivity index (χ1n) is 7.28. The van der Waals surface area contributed by atoms with E-state index in [0.29, 0.717) is 16.5 Å². The van der Waals surface area contributed by atoms with E-state index in [4.69, 9.17) is 11.6 Å². The summed E-state index contributed by atoms with van der Waals surface area (Å²) in [6.07, 6.45) is 0. The minimum atomic E-state index is -0.0940. The average molecular weight is 324 g/mol. The number of aromatic amines is 1. The minimum absolute atomic E-state index is 0.0111. The minimum Gasteiger partial charge on any atom is -0.506 e. The lowest BCUT2D eigenvalue weighted by Crippen LogP contribution is -1.81. The van der Waals surface area contributed by atoms with Gasteiger partial charge in [0.05, 0.1) is 10.9 Å². The standard InChI is InChI=1S/C19H14ClNO2/c1-10-17-15(19(23)16(20)18(10)22)13-8-7-12(9-14(13)21-17)11-5-3-2-4-6-11/h2-9,21-23H,1H3. The van der Waals surface area contributed by atoms with Gasteiger partial charge < -0.3 is 15.2 Å². The average Bonchev–Trinajstić information content (AvgIpc) is 2.97. The maximum atomic E-state index is 10.3. The van der Waals surface area contributed by atoms with Crippen LogP contribution in [0.3, 0.4) is 0 Å². The third kappa shape index (κ3) is 1.97. The topological polar surface area (TPSA) is 56.2 Å². The van der Waals surface area contributed by atoms with Gasteiger partial charge in [-0.1, -0.05) is 54.1 Å². The number of hydrogen-bond acceptors (Lipinski definition) is 2. The normalized spacial score (nSPS) is 11.4. The molecule has 4 heteroatoms. The maximum Gasteiger partial charge on any atom is 0.147 e. The van der Waals surface area contributed by atoms with Gasteiger partial charge in [-0.15, -0.1) is 0 Å². The highest BCUT2D eigenvalue weighted by molar-refractivity contribution is 6.36. The summed E-state index contributed by atoms with van der Waals surface area (Å²) in [5, 5.41) is 21.9. The number of aryl methyl sites for hydroxylation is 1. The van der Waals surface area contributed by atoms with E-state index in [9.17, 15) is 10.2 Å². The second-order valence-corrected chi connectivity index (χ2v) is 6.02. The highest BCUT2D eigenvalue weighted by Crippen LogP contribution is 2.45. The van der Waals surface area contributed by atoms with Crippen molar-refractivity contribution < 1.29 is 10.2 Å². The Bertz CT molecular complexity index is 1050. The number of nitrogens with one attached hydrogen (secondary N) is 1. The molecule has 0 aliphatic heterocycles. The van der Waals surface area contributed by atoms with Crippen molar-refractivity contribution in [3.05, 3.63) is 59.1 Å². The van der Waals surface area contributed by atoms with E-state index < -0.39 is 0 Å². The third-order valence-corrected chi connectivity index (χ3v) is 4.65. The van der Waals surface area contributed by atoms with E-state index in [2.05, 4.69) is 17.1 Å². The molecule has 114 valence electrons. The fourth-order valence-corrected chi connectivity index (χ4v) is 3.28. The van der Waals surface area contributed by atoms with Gasteiger partial charge in [0, 0.05) is 16.5 Å². The summed E-state index contributed by atoms with van der Waals surface area (Å²) in [6.45, 7) is 1.77. The Labute approximate surface area is 137 Å². The van der Waals surface area contributed by atoms with Crippen molar-refractivity contribution in [3.8, 4) is 22.6 Å². The van der Waals surface area contributed by atoms with Crippen LogP contribution in [0.2, 0.25) is 5.02 Å². The van der Waals surface area contributed by atoms with Crippen LogP contribution in [0, 0.1) is 6.92 Å². The number of fused-ring (bicyclic) bond motifs is 3. The first kappa shape index (κ1) is 14.0. The fourth-order valence-electron chi connectivity index (χ4n) is 3.04. The molecule has 0 atom stereocenters. The zero-order chi connectivity index (χ0) is 16.1. The van der Waals surface area contributed by atoms with Crippen LogP contribution < -0.4 is 0 Å². The molecule has 0 saturated carbocycles. The molecule has 0 aliphatic rings. The molecule has 0 bridgehead atoms. The van der Waals surface area contributed by atoms with Crippen molar-refractivity contribution in [1.29, 1.82) is 0 Å². The second-order valence-electron chi connectivity index (χ2n) is 5.64. The molecule has 4 aromatic rings. The molecular formula is C19H14ClNO2. The summed E-state index contributed by atoms with van der Waals surface area (Å²) >= 11 is 6.03. The molecule has 3 aromatic carbocycles. The SMILES string of the molecule is Cc1c(O)c(Cl)c(O)c2c1[nH]c1cc(-c3ccccc3)ccc12. The number of halogens is 1. The lowest BCUT2D eigenvalue weighted by atomic mass is 10.0. The number of aromatic hydroxyl groups is 2. The maximum absolute atomic E-state index is 10.3. The Kier molecular flexibility index (Phi) is 3.00. The van der Waals surface area contributed by atoms with E-state index in [-0.39, 0.29) is 16.5 Å². The summed E-state index contributed by atoms with van der Waals surface area (Å²) < 4.78 is 0. The van der Waals surface area contributed by atoms with Crippen LogP contribution in [0.1, 0.15) is 5.56 Å². The first-order chi connectivity index (χ1) is 11.1. The highest BCUT2D eigenvalue weighted by atomic mass is 35.5. The smallest absolute Gasteiger partial charge is 0.147 e. The van der Waals surface area contributed by atoms with E-state index >= 15 is 0 Å². The molecule has 3 N–H and O–H groups in total. The molecule has 0 unspecified atom stereocenters. The van der Waals surface area contributed by atoms with Crippen molar-refractivity contribution in [2.45, 2.75) is 6.92 Å². The van der Waals surface area contributed by atoms with E-state index in [0.717, 1.165) is 22.0 Å². The Balaban J connectivity index is 2.07. The van der Waals surface area contributed by atoms with Crippen molar-refractivity contribution in [2.24, 2.45) is 0 Å².